The van der Waals surface area contributed by atoms with Gasteiger partial charge in [0.1, 0.15) is 5.76 Å². The van der Waals surface area contributed by atoms with E-state index in [0.717, 1.165) is 12.4 Å². The van der Waals surface area contributed by atoms with Crippen LogP contribution in [0.15, 0.2) is 24.1 Å². The second-order valence-electron chi connectivity index (χ2n) is 2.73. The summed E-state index contributed by atoms with van der Waals surface area (Å²) < 4.78 is 5.33. The van der Waals surface area contributed by atoms with Gasteiger partial charge in [-0.25, -0.2) is 0 Å². The highest BCUT2D eigenvalue weighted by Gasteiger charge is 2.07. The monoisotopic (exact) mass is 153 g/mol. The summed E-state index contributed by atoms with van der Waals surface area (Å²) in [5.41, 5.74) is 0. The Hall–Kier alpha value is -0.920. The molecule has 0 amide bonds. The molecule has 0 saturated heterocycles. The summed E-state index contributed by atoms with van der Waals surface area (Å²) in [7, 11) is 2.05. The van der Waals surface area contributed by atoms with Crippen molar-refractivity contribution in [3.8, 4) is 0 Å². The minimum absolute atomic E-state index is 0.485. The zero-order chi connectivity index (χ0) is 8.27. The van der Waals surface area contributed by atoms with Crippen molar-refractivity contribution < 1.29 is 4.74 Å². The normalized spacial score (nSPS) is 23.4. The van der Waals surface area contributed by atoms with E-state index >= 15 is 0 Å². The molecular formula is C9H15NO. The molecule has 1 atom stereocenters. The molecule has 1 unspecified atom stereocenters. The fourth-order valence-corrected chi connectivity index (χ4v) is 0.983. The SMILES string of the molecule is CCOC1=CN(C)C(C)C=C1. The summed E-state index contributed by atoms with van der Waals surface area (Å²) in [6, 6.07) is 0.485. The highest BCUT2D eigenvalue weighted by molar-refractivity contribution is 5.18. The van der Waals surface area contributed by atoms with Crippen molar-refractivity contribution in [1.82, 2.24) is 4.90 Å². The van der Waals surface area contributed by atoms with Crippen LogP contribution in [0.25, 0.3) is 0 Å². The fraction of sp³-hybridized carbons (Fsp3) is 0.556. The van der Waals surface area contributed by atoms with E-state index in [9.17, 15) is 0 Å². The van der Waals surface area contributed by atoms with Crippen LogP contribution in [0.4, 0.5) is 0 Å². The maximum absolute atomic E-state index is 5.33. The first-order chi connectivity index (χ1) is 5.24. The summed E-state index contributed by atoms with van der Waals surface area (Å²) in [6.45, 7) is 4.88. The number of ether oxygens (including phenoxy) is 1. The molecule has 1 aliphatic rings. The predicted molar refractivity (Wildman–Crippen MR) is 46.1 cm³/mol. The molecule has 1 heterocycles. The van der Waals surface area contributed by atoms with Crippen LogP contribution in [0.3, 0.4) is 0 Å². The molecule has 11 heavy (non-hydrogen) atoms. The first-order valence-corrected chi connectivity index (χ1v) is 3.98. The summed E-state index contributed by atoms with van der Waals surface area (Å²) in [4.78, 5) is 2.13. The molecule has 0 aliphatic carbocycles. The Bertz CT molecular complexity index is 184. The van der Waals surface area contributed by atoms with E-state index in [-0.39, 0.29) is 0 Å². The van der Waals surface area contributed by atoms with E-state index < -0.39 is 0 Å². The molecule has 0 aromatic rings. The van der Waals surface area contributed by atoms with Gasteiger partial charge in [-0.1, -0.05) is 6.08 Å². The molecule has 1 aliphatic heterocycles. The van der Waals surface area contributed by atoms with E-state index in [1.54, 1.807) is 0 Å². The van der Waals surface area contributed by atoms with Crippen LogP contribution in [-0.2, 0) is 4.74 Å². The van der Waals surface area contributed by atoms with Crippen LogP contribution in [0.2, 0.25) is 0 Å². The molecule has 0 saturated carbocycles. The number of hydrogen-bond donors (Lipinski definition) is 0. The van der Waals surface area contributed by atoms with Gasteiger partial charge in [0.15, 0.2) is 0 Å². The molecule has 2 nitrogen and oxygen atoms in total. The van der Waals surface area contributed by atoms with E-state index in [1.807, 2.05) is 26.2 Å². The van der Waals surface area contributed by atoms with Crippen molar-refractivity contribution in [3.63, 3.8) is 0 Å². The Labute approximate surface area is 68.1 Å². The van der Waals surface area contributed by atoms with Gasteiger partial charge in [0.25, 0.3) is 0 Å². The van der Waals surface area contributed by atoms with Gasteiger partial charge < -0.3 is 9.64 Å². The van der Waals surface area contributed by atoms with Gasteiger partial charge in [-0.05, 0) is 19.9 Å². The molecule has 2 heteroatoms. The Kier molecular flexibility index (Phi) is 2.58. The number of rotatable bonds is 2. The molecule has 1 rings (SSSR count). The summed E-state index contributed by atoms with van der Waals surface area (Å²) in [5, 5.41) is 0. The van der Waals surface area contributed by atoms with Crippen molar-refractivity contribution in [3.05, 3.63) is 24.1 Å². The predicted octanol–water partition coefficient (Wildman–Crippen LogP) is 1.75. The van der Waals surface area contributed by atoms with Crippen LogP contribution >= 0.6 is 0 Å². The van der Waals surface area contributed by atoms with Crippen LogP contribution in [0, 0.1) is 0 Å². The molecule has 0 aromatic carbocycles. The van der Waals surface area contributed by atoms with Gasteiger partial charge in [0.2, 0.25) is 0 Å². The second-order valence-corrected chi connectivity index (χ2v) is 2.73. The standard InChI is InChI=1S/C9H15NO/c1-4-11-9-6-5-8(2)10(3)7-9/h5-8H,4H2,1-3H3. The molecule has 0 N–H and O–H groups in total. The third kappa shape index (κ3) is 2.00. The second kappa shape index (κ2) is 3.46. The van der Waals surface area contributed by atoms with Crippen LogP contribution in [0.5, 0.6) is 0 Å². The average Bonchev–Trinajstić information content (AvgIpc) is 1.98. The smallest absolute Gasteiger partial charge is 0.134 e. The zero-order valence-electron chi connectivity index (χ0n) is 7.37. The van der Waals surface area contributed by atoms with Crippen molar-refractivity contribution in [1.29, 1.82) is 0 Å². The maximum Gasteiger partial charge on any atom is 0.134 e. The first-order valence-electron chi connectivity index (χ1n) is 3.98. The highest BCUT2D eigenvalue weighted by atomic mass is 16.5. The lowest BCUT2D eigenvalue weighted by atomic mass is 10.2. The topological polar surface area (TPSA) is 12.5 Å². The highest BCUT2D eigenvalue weighted by Crippen LogP contribution is 2.11. The largest absolute Gasteiger partial charge is 0.492 e. The van der Waals surface area contributed by atoms with Crippen molar-refractivity contribution >= 4 is 0 Å². The zero-order valence-corrected chi connectivity index (χ0v) is 7.37. The molecule has 0 aromatic heterocycles. The summed E-state index contributed by atoms with van der Waals surface area (Å²) in [6.07, 6.45) is 6.17. The van der Waals surface area contributed by atoms with Gasteiger partial charge >= 0.3 is 0 Å². The van der Waals surface area contributed by atoms with Gasteiger partial charge in [-0.3, -0.25) is 0 Å². The third-order valence-electron chi connectivity index (χ3n) is 1.82. The average molecular weight is 153 g/mol. The molecule has 0 bridgehead atoms. The summed E-state index contributed by atoms with van der Waals surface area (Å²) >= 11 is 0. The Morgan fingerprint density at radius 1 is 1.64 bits per heavy atom. The van der Waals surface area contributed by atoms with E-state index in [2.05, 4.69) is 17.9 Å². The molecule has 62 valence electrons. The van der Waals surface area contributed by atoms with E-state index in [0.29, 0.717) is 6.04 Å². The molecule has 0 radical (unpaired) electrons. The van der Waals surface area contributed by atoms with E-state index in [1.165, 1.54) is 0 Å². The Morgan fingerprint density at radius 3 is 2.91 bits per heavy atom. The lowest BCUT2D eigenvalue weighted by Gasteiger charge is -2.24. The third-order valence-corrected chi connectivity index (χ3v) is 1.82. The van der Waals surface area contributed by atoms with Crippen LogP contribution < -0.4 is 0 Å². The van der Waals surface area contributed by atoms with E-state index in [4.69, 9.17) is 4.74 Å². The van der Waals surface area contributed by atoms with Crippen molar-refractivity contribution in [2.24, 2.45) is 0 Å². The minimum Gasteiger partial charge on any atom is -0.492 e. The molecule has 0 spiro atoms. The van der Waals surface area contributed by atoms with Crippen molar-refractivity contribution in [2.75, 3.05) is 13.7 Å². The lowest BCUT2D eigenvalue weighted by molar-refractivity contribution is 0.226. The van der Waals surface area contributed by atoms with Crippen LogP contribution in [0.1, 0.15) is 13.8 Å². The van der Waals surface area contributed by atoms with Gasteiger partial charge in [-0.15, -0.1) is 0 Å². The molecule has 0 fully saturated rings. The van der Waals surface area contributed by atoms with Gasteiger partial charge in [0, 0.05) is 19.3 Å². The van der Waals surface area contributed by atoms with Gasteiger partial charge in [0.05, 0.1) is 6.61 Å². The molecular weight excluding hydrogens is 138 g/mol. The number of hydrogen-bond acceptors (Lipinski definition) is 2. The van der Waals surface area contributed by atoms with Crippen LogP contribution in [-0.4, -0.2) is 24.6 Å². The van der Waals surface area contributed by atoms with Crippen molar-refractivity contribution in [2.45, 2.75) is 19.9 Å². The quantitative estimate of drug-likeness (QED) is 0.599. The first kappa shape index (κ1) is 8.18. The fourth-order valence-electron chi connectivity index (χ4n) is 0.983. The number of nitrogens with zero attached hydrogens (tertiary/aromatic N) is 1. The summed E-state index contributed by atoms with van der Waals surface area (Å²) in [5.74, 6) is 0.952. The Morgan fingerprint density at radius 2 is 2.36 bits per heavy atom. The van der Waals surface area contributed by atoms with Gasteiger partial charge in [-0.2, -0.15) is 0 Å². The Balaban J connectivity index is 2.57. The maximum atomic E-state index is 5.33. The minimum atomic E-state index is 0.485. The number of allylic oxidation sites excluding steroid dienone is 1. The number of likely N-dealkylation sites (N-methyl/N-ethyl adjacent to an activating group) is 1. The lowest BCUT2D eigenvalue weighted by Crippen LogP contribution is -2.24.